The Labute approximate surface area is 137 Å². The van der Waals surface area contributed by atoms with E-state index in [-0.39, 0.29) is 22.9 Å². The normalized spacial score (nSPS) is 11.2. The Kier molecular flexibility index (Phi) is 5.18. The van der Waals surface area contributed by atoms with E-state index in [1.165, 1.54) is 19.3 Å². The summed E-state index contributed by atoms with van der Waals surface area (Å²) in [7, 11) is -2.97. The Morgan fingerprint density at radius 1 is 1.08 bits per heavy atom. The molecule has 0 aliphatic heterocycles. The lowest BCUT2D eigenvalue weighted by Crippen LogP contribution is -2.31. The number of benzene rings is 2. The number of nitrogens with zero attached hydrogens (tertiary/aromatic N) is 1. The van der Waals surface area contributed by atoms with Gasteiger partial charge in [-0.1, -0.05) is 6.08 Å². The van der Waals surface area contributed by atoms with Crippen LogP contribution >= 0.6 is 0 Å². The van der Waals surface area contributed by atoms with Gasteiger partial charge in [0.15, 0.2) is 23.2 Å². The van der Waals surface area contributed by atoms with Gasteiger partial charge in [0.1, 0.15) is 0 Å². The highest BCUT2D eigenvalue weighted by molar-refractivity contribution is 7.92. The number of anilines is 1. The quantitative estimate of drug-likeness (QED) is 0.744. The van der Waals surface area contributed by atoms with E-state index in [0.29, 0.717) is 0 Å². The molecule has 0 heterocycles. The molecule has 0 aliphatic carbocycles. The van der Waals surface area contributed by atoms with Crippen LogP contribution < -0.4 is 9.04 Å². The summed E-state index contributed by atoms with van der Waals surface area (Å²) in [6, 6.07) is 5.79. The summed E-state index contributed by atoms with van der Waals surface area (Å²) < 4.78 is 71.3. The van der Waals surface area contributed by atoms with E-state index in [0.717, 1.165) is 34.6 Å². The second-order valence-electron chi connectivity index (χ2n) is 4.72. The Bertz CT molecular complexity index is 869. The number of rotatable bonds is 6. The number of sulfonamides is 1. The molecule has 0 amide bonds. The van der Waals surface area contributed by atoms with Crippen molar-refractivity contribution in [2.24, 2.45) is 0 Å². The zero-order valence-corrected chi connectivity index (χ0v) is 13.5. The number of hydrogen-bond donors (Lipinski definition) is 0. The highest BCUT2D eigenvalue weighted by atomic mass is 32.2. The number of hydrogen-bond acceptors (Lipinski definition) is 3. The Morgan fingerprint density at radius 3 is 2.33 bits per heavy atom. The van der Waals surface area contributed by atoms with Crippen LogP contribution in [0, 0.1) is 17.5 Å². The van der Waals surface area contributed by atoms with Gasteiger partial charge in [-0.15, -0.1) is 6.58 Å². The molecule has 8 heteroatoms. The summed E-state index contributed by atoms with van der Waals surface area (Å²) in [5.74, 6) is -3.28. The third kappa shape index (κ3) is 3.38. The molecule has 128 valence electrons. The van der Waals surface area contributed by atoms with Crippen LogP contribution in [-0.2, 0) is 10.0 Å². The SMILES string of the molecule is C=CCN(c1ccc(F)c(F)c1)S(=O)(=O)c1ccc(OC)c(F)c1. The lowest BCUT2D eigenvalue weighted by molar-refractivity contribution is 0.385. The minimum Gasteiger partial charge on any atom is -0.494 e. The summed E-state index contributed by atoms with van der Waals surface area (Å²) in [6.45, 7) is 3.24. The van der Waals surface area contributed by atoms with E-state index in [2.05, 4.69) is 6.58 Å². The van der Waals surface area contributed by atoms with E-state index >= 15 is 0 Å². The van der Waals surface area contributed by atoms with Gasteiger partial charge in [-0.2, -0.15) is 0 Å². The van der Waals surface area contributed by atoms with Crippen LogP contribution in [0.3, 0.4) is 0 Å². The first kappa shape index (κ1) is 17.9. The van der Waals surface area contributed by atoms with Gasteiger partial charge in [0.2, 0.25) is 0 Å². The first-order valence-electron chi connectivity index (χ1n) is 6.73. The van der Waals surface area contributed by atoms with Crippen LogP contribution in [0.25, 0.3) is 0 Å². The van der Waals surface area contributed by atoms with Crippen LogP contribution in [0.1, 0.15) is 0 Å². The number of halogens is 3. The molecule has 0 radical (unpaired) electrons. The molecule has 0 atom stereocenters. The van der Waals surface area contributed by atoms with E-state index in [1.54, 1.807) is 0 Å². The zero-order valence-electron chi connectivity index (χ0n) is 12.7. The molecule has 4 nitrogen and oxygen atoms in total. The minimum atomic E-state index is -4.22. The molecule has 2 rings (SSSR count). The van der Waals surface area contributed by atoms with Crippen molar-refractivity contribution in [3.8, 4) is 5.75 Å². The molecule has 0 fully saturated rings. The second-order valence-corrected chi connectivity index (χ2v) is 6.58. The monoisotopic (exact) mass is 357 g/mol. The molecule has 0 N–H and O–H groups in total. The van der Waals surface area contributed by atoms with Crippen molar-refractivity contribution in [1.29, 1.82) is 0 Å². The summed E-state index contributed by atoms with van der Waals surface area (Å²) in [6.07, 6.45) is 1.28. The van der Waals surface area contributed by atoms with Crippen molar-refractivity contribution in [3.63, 3.8) is 0 Å². The minimum absolute atomic E-state index is 0.106. The molecule has 0 spiro atoms. The largest absolute Gasteiger partial charge is 0.494 e. The fourth-order valence-corrected chi connectivity index (χ4v) is 3.47. The topological polar surface area (TPSA) is 46.6 Å². The predicted molar refractivity (Wildman–Crippen MR) is 84.0 cm³/mol. The molecule has 0 saturated carbocycles. The van der Waals surface area contributed by atoms with Crippen molar-refractivity contribution in [2.45, 2.75) is 4.90 Å². The Hall–Kier alpha value is -2.48. The highest BCUT2D eigenvalue weighted by Crippen LogP contribution is 2.27. The van der Waals surface area contributed by atoms with Gasteiger partial charge in [-0.25, -0.2) is 21.6 Å². The van der Waals surface area contributed by atoms with E-state index in [4.69, 9.17) is 4.74 Å². The smallest absolute Gasteiger partial charge is 0.264 e. The molecule has 0 bridgehead atoms. The molecule has 0 unspecified atom stereocenters. The maximum atomic E-state index is 13.8. The van der Waals surface area contributed by atoms with Crippen molar-refractivity contribution in [2.75, 3.05) is 18.0 Å². The molecule has 0 saturated heterocycles. The fourth-order valence-electron chi connectivity index (χ4n) is 2.03. The number of methoxy groups -OCH3 is 1. The lowest BCUT2D eigenvalue weighted by Gasteiger charge is -2.23. The van der Waals surface area contributed by atoms with Crippen LogP contribution in [0.4, 0.5) is 18.9 Å². The second kappa shape index (κ2) is 6.96. The maximum absolute atomic E-state index is 13.8. The summed E-state index contributed by atoms with van der Waals surface area (Å²) in [4.78, 5) is -0.354. The molecular formula is C16H14F3NO3S. The van der Waals surface area contributed by atoms with Gasteiger partial charge < -0.3 is 4.74 Å². The lowest BCUT2D eigenvalue weighted by atomic mass is 10.3. The third-order valence-corrected chi connectivity index (χ3v) is 4.99. The molecule has 24 heavy (non-hydrogen) atoms. The summed E-state index contributed by atoms with van der Waals surface area (Å²) in [5, 5.41) is 0. The Morgan fingerprint density at radius 2 is 1.79 bits per heavy atom. The standard InChI is InChI=1S/C16H14F3NO3S/c1-3-8-20(11-4-6-13(17)14(18)9-11)24(21,22)12-5-7-16(23-2)15(19)10-12/h3-7,9-10H,1,8H2,2H3. The fraction of sp³-hybridized carbons (Fsp3) is 0.125. The average molecular weight is 357 g/mol. The van der Waals surface area contributed by atoms with Crippen molar-refractivity contribution in [3.05, 3.63) is 66.5 Å². The molecular weight excluding hydrogens is 343 g/mol. The van der Waals surface area contributed by atoms with Crippen molar-refractivity contribution in [1.82, 2.24) is 0 Å². The van der Waals surface area contributed by atoms with Crippen LogP contribution in [0.15, 0.2) is 53.9 Å². The molecule has 0 aromatic heterocycles. The van der Waals surface area contributed by atoms with Crippen LogP contribution in [-0.4, -0.2) is 22.1 Å². The molecule has 0 aliphatic rings. The van der Waals surface area contributed by atoms with Gasteiger partial charge in [0, 0.05) is 6.07 Å². The van der Waals surface area contributed by atoms with Gasteiger partial charge in [0.25, 0.3) is 10.0 Å². The van der Waals surface area contributed by atoms with Crippen molar-refractivity contribution >= 4 is 15.7 Å². The first-order valence-corrected chi connectivity index (χ1v) is 8.17. The van der Waals surface area contributed by atoms with Gasteiger partial charge in [-0.3, -0.25) is 4.31 Å². The highest BCUT2D eigenvalue weighted by Gasteiger charge is 2.26. The van der Waals surface area contributed by atoms with E-state index in [1.807, 2.05) is 0 Å². The first-order chi connectivity index (χ1) is 11.3. The average Bonchev–Trinajstić information content (AvgIpc) is 2.55. The number of ether oxygens (including phenoxy) is 1. The van der Waals surface area contributed by atoms with E-state index in [9.17, 15) is 21.6 Å². The maximum Gasteiger partial charge on any atom is 0.264 e. The zero-order chi connectivity index (χ0) is 17.9. The summed E-state index contributed by atoms with van der Waals surface area (Å²) >= 11 is 0. The van der Waals surface area contributed by atoms with Gasteiger partial charge in [0.05, 0.1) is 24.2 Å². The van der Waals surface area contributed by atoms with Gasteiger partial charge in [-0.05, 0) is 30.3 Å². The molecule has 2 aromatic rings. The van der Waals surface area contributed by atoms with E-state index < -0.39 is 27.5 Å². The predicted octanol–water partition coefficient (Wildman–Crippen LogP) is 3.49. The van der Waals surface area contributed by atoms with Crippen molar-refractivity contribution < 1.29 is 26.3 Å². The third-order valence-electron chi connectivity index (χ3n) is 3.20. The van der Waals surface area contributed by atoms with Crippen LogP contribution in [0.2, 0.25) is 0 Å². The van der Waals surface area contributed by atoms with Crippen LogP contribution in [0.5, 0.6) is 5.75 Å². The van der Waals surface area contributed by atoms with Gasteiger partial charge >= 0.3 is 0 Å². The molecule has 2 aromatic carbocycles. The Balaban J connectivity index is 2.54. The summed E-state index contributed by atoms with van der Waals surface area (Å²) in [5.41, 5.74) is -0.106.